The van der Waals surface area contributed by atoms with E-state index in [-0.39, 0.29) is 0 Å². The maximum atomic E-state index is 5.66. The molecule has 0 amide bonds. The van der Waals surface area contributed by atoms with Gasteiger partial charge in [0.25, 0.3) is 0 Å². The first-order valence-corrected chi connectivity index (χ1v) is 7.39. The Labute approximate surface area is 128 Å². The molecule has 1 rings (SSSR count). The third-order valence-electron chi connectivity index (χ3n) is 2.95. The summed E-state index contributed by atoms with van der Waals surface area (Å²) in [6.45, 7) is 7.32. The SMILES string of the molecule is CCCOc1ccc(C=C(C)CNCCOC)cc1OC. The van der Waals surface area contributed by atoms with Crippen molar-refractivity contribution in [3.63, 3.8) is 0 Å². The van der Waals surface area contributed by atoms with Crippen LogP contribution in [-0.2, 0) is 4.74 Å². The van der Waals surface area contributed by atoms with Crippen LogP contribution >= 0.6 is 0 Å². The van der Waals surface area contributed by atoms with E-state index in [1.54, 1.807) is 14.2 Å². The smallest absolute Gasteiger partial charge is 0.161 e. The lowest BCUT2D eigenvalue weighted by Crippen LogP contribution is -2.20. The zero-order valence-electron chi connectivity index (χ0n) is 13.6. The molecule has 0 spiro atoms. The standard InChI is InChI=1S/C17H27NO3/c1-5-9-21-16-7-6-15(12-17(16)20-4)11-14(2)13-18-8-10-19-3/h6-7,11-12,18H,5,8-10,13H2,1-4H3. The first-order valence-electron chi connectivity index (χ1n) is 7.39. The summed E-state index contributed by atoms with van der Waals surface area (Å²) >= 11 is 0. The van der Waals surface area contributed by atoms with Crippen LogP contribution in [0.1, 0.15) is 25.8 Å². The molecule has 1 N–H and O–H groups in total. The van der Waals surface area contributed by atoms with Crippen LogP contribution < -0.4 is 14.8 Å². The minimum absolute atomic E-state index is 0.702. The lowest BCUT2D eigenvalue weighted by atomic mass is 10.1. The van der Waals surface area contributed by atoms with Crippen molar-refractivity contribution in [1.82, 2.24) is 5.32 Å². The van der Waals surface area contributed by atoms with Crippen molar-refractivity contribution in [3.05, 3.63) is 29.3 Å². The summed E-state index contributed by atoms with van der Waals surface area (Å²) in [5.74, 6) is 1.57. The molecule has 0 aliphatic carbocycles. The number of ether oxygens (including phenoxy) is 3. The van der Waals surface area contributed by atoms with E-state index >= 15 is 0 Å². The Balaban J connectivity index is 2.65. The van der Waals surface area contributed by atoms with Gasteiger partial charge in [-0.15, -0.1) is 0 Å². The largest absolute Gasteiger partial charge is 0.493 e. The molecule has 1 aromatic carbocycles. The van der Waals surface area contributed by atoms with E-state index < -0.39 is 0 Å². The quantitative estimate of drug-likeness (QED) is 0.673. The monoisotopic (exact) mass is 293 g/mol. The van der Waals surface area contributed by atoms with Gasteiger partial charge < -0.3 is 19.5 Å². The molecule has 0 fully saturated rings. The summed E-state index contributed by atoms with van der Waals surface area (Å²) in [7, 11) is 3.37. The molecule has 0 aliphatic heterocycles. The number of hydrogen-bond acceptors (Lipinski definition) is 4. The Kier molecular flexibility index (Phi) is 8.55. The second kappa shape index (κ2) is 10.2. The lowest BCUT2D eigenvalue weighted by Gasteiger charge is -2.11. The summed E-state index contributed by atoms with van der Waals surface area (Å²) in [5.41, 5.74) is 2.37. The van der Waals surface area contributed by atoms with E-state index in [0.717, 1.165) is 43.2 Å². The fourth-order valence-corrected chi connectivity index (χ4v) is 1.90. The van der Waals surface area contributed by atoms with Crippen LogP contribution in [0.5, 0.6) is 11.5 Å². The minimum atomic E-state index is 0.702. The maximum absolute atomic E-state index is 5.66. The lowest BCUT2D eigenvalue weighted by molar-refractivity contribution is 0.200. The van der Waals surface area contributed by atoms with Gasteiger partial charge in [-0.1, -0.05) is 24.6 Å². The highest BCUT2D eigenvalue weighted by Crippen LogP contribution is 2.29. The van der Waals surface area contributed by atoms with Crippen LogP contribution in [0.25, 0.3) is 6.08 Å². The number of hydrogen-bond donors (Lipinski definition) is 1. The van der Waals surface area contributed by atoms with Gasteiger partial charge in [0.2, 0.25) is 0 Å². The second-order valence-corrected chi connectivity index (χ2v) is 4.92. The van der Waals surface area contributed by atoms with Gasteiger partial charge in [-0.25, -0.2) is 0 Å². The molecular weight excluding hydrogens is 266 g/mol. The molecule has 1 aromatic rings. The summed E-state index contributed by atoms with van der Waals surface area (Å²) in [6, 6.07) is 6.02. The van der Waals surface area contributed by atoms with Gasteiger partial charge in [0.15, 0.2) is 11.5 Å². The van der Waals surface area contributed by atoms with Gasteiger partial charge in [0.05, 0.1) is 20.3 Å². The molecule has 0 saturated carbocycles. The molecule has 4 nitrogen and oxygen atoms in total. The van der Waals surface area contributed by atoms with E-state index in [9.17, 15) is 0 Å². The van der Waals surface area contributed by atoms with Crippen molar-refractivity contribution in [2.24, 2.45) is 0 Å². The molecule has 0 radical (unpaired) electrons. The van der Waals surface area contributed by atoms with Crippen LogP contribution in [-0.4, -0.2) is 40.5 Å². The van der Waals surface area contributed by atoms with E-state index in [4.69, 9.17) is 14.2 Å². The molecule has 118 valence electrons. The highest BCUT2D eigenvalue weighted by molar-refractivity contribution is 5.58. The number of methoxy groups -OCH3 is 2. The van der Waals surface area contributed by atoms with Crippen LogP contribution in [0.4, 0.5) is 0 Å². The van der Waals surface area contributed by atoms with Crippen molar-refractivity contribution in [2.45, 2.75) is 20.3 Å². The van der Waals surface area contributed by atoms with E-state index in [1.165, 1.54) is 5.57 Å². The van der Waals surface area contributed by atoms with Crippen LogP contribution in [0.15, 0.2) is 23.8 Å². The second-order valence-electron chi connectivity index (χ2n) is 4.92. The van der Waals surface area contributed by atoms with E-state index in [0.29, 0.717) is 6.61 Å². The molecule has 0 saturated heterocycles. The Hall–Kier alpha value is -1.52. The van der Waals surface area contributed by atoms with Crippen molar-refractivity contribution in [1.29, 1.82) is 0 Å². The molecule has 0 aromatic heterocycles. The topological polar surface area (TPSA) is 39.7 Å². The van der Waals surface area contributed by atoms with Crippen LogP contribution in [0, 0.1) is 0 Å². The molecule has 0 unspecified atom stereocenters. The van der Waals surface area contributed by atoms with Crippen molar-refractivity contribution >= 4 is 6.08 Å². The third kappa shape index (κ3) is 6.65. The fraction of sp³-hybridized carbons (Fsp3) is 0.529. The minimum Gasteiger partial charge on any atom is -0.493 e. The number of benzene rings is 1. The molecule has 4 heteroatoms. The molecule has 0 bridgehead atoms. The van der Waals surface area contributed by atoms with E-state index in [1.807, 2.05) is 18.2 Å². The van der Waals surface area contributed by atoms with Crippen LogP contribution in [0.3, 0.4) is 0 Å². The van der Waals surface area contributed by atoms with Crippen molar-refractivity contribution in [3.8, 4) is 11.5 Å². The Morgan fingerprint density at radius 1 is 1.19 bits per heavy atom. The Morgan fingerprint density at radius 2 is 2.00 bits per heavy atom. The normalized spacial score (nSPS) is 11.5. The first kappa shape index (κ1) is 17.5. The Morgan fingerprint density at radius 3 is 2.67 bits per heavy atom. The highest BCUT2D eigenvalue weighted by Gasteiger charge is 2.04. The predicted molar refractivity (Wildman–Crippen MR) is 87.2 cm³/mol. The summed E-state index contributed by atoms with van der Waals surface area (Å²) in [4.78, 5) is 0. The summed E-state index contributed by atoms with van der Waals surface area (Å²) in [5, 5.41) is 3.32. The van der Waals surface area contributed by atoms with Gasteiger partial charge in [0, 0.05) is 20.2 Å². The zero-order valence-corrected chi connectivity index (χ0v) is 13.6. The first-order chi connectivity index (χ1) is 10.2. The summed E-state index contributed by atoms with van der Waals surface area (Å²) in [6.07, 6.45) is 3.13. The van der Waals surface area contributed by atoms with Gasteiger partial charge in [0.1, 0.15) is 0 Å². The maximum Gasteiger partial charge on any atom is 0.161 e. The Bertz CT molecular complexity index is 444. The van der Waals surface area contributed by atoms with Crippen molar-refractivity contribution < 1.29 is 14.2 Å². The molecular formula is C17H27NO3. The molecule has 0 atom stereocenters. The van der Waals surface area contributed by atoms with Crippen LogP contribution in [0.2, 0.25) is 0 Å². The van der Waals surface area contributed by atoms with Gasteiger partial charge in [-0.2, -0.15) is 0 Å². The number of nitrogens with one attached hydrogen (secondary N) is 1. The third-order valence-corrected chi connectivity index (χ3v) is 2.95. The molecule has 0 heterocycles. The highest BCUT2D eigenvalue weighted by atomic mass is 16.5. The van der Waals surface area contributed by atoms with Gasteiger partial charge in [-0.3, -0.25) is 0 Å². The van der Waals surface area contributed by atoms with Crippen molar-refractivity contribution in [2.75, 3.05) is 40.5 Å². The predicted octanol–water partition coefficient (Wildman–Crippen LogP) is 3.12. The number of rotatable bonds is 10. The summed E-state index contributed by atoms with van der Waals surface area (Å²) < 4.78 is 16.1. The average Bonchev–Trinajstić information content (AvgIpc) is 2.50. The molecule has 0 aliphatic rings. The van der Waals surface area contributed by atoms with Gasteiger partial charge >= 0.3 is 0 Å². The average molecular weight is 293 g/mol. The van der Waals surface area contributed by atoms with E-state index in [2.05, 4.69) is 25.2 Å². The fourth-order valence-electron chi connectivity index (χ4n) is 1.90. The zero-order chi connectivity index (χ0) is 15.5. The molecule has 21 heavy (non-hydrogen) atoms. The van der Waals surface area contributed by atoms with Gasteiger partial charge in [-0.05, 0) is 31.0 Å².